The minimum atomic E-state index is 0.141. The van der Waals surface area contributed by atoms with Gasteiger partial charge in [0.05, 0.1) is 0 Å². The zero-order valence-electron chi connectivity index (χ0n) is 15.3. The first kappa shape index (κ1) is 17.1. The minimum Gasteiger partial charge on any atom is -0.399 e. The molecule has 2 N–H and O–H groups in total. The number of rotatable bonds is 4. The third-order valence-corrected chi connectivity index (χ3v) is 5.72. The van der Waals surface area contributed by atoms with Crippen molar-refractivity contribution < 1.29 is 4.79 Å². The van der Waals surface area contributed by atoms with Crippen molar-refractivity contribution in [1.82, 2.24) is 9.80 Å². The summed E-state index contributed by atoms with van der Waals surface area (Å²) < 4.78 is 0. The van der Waals surface area contributed by atoms with Gasteiger partial charge >= 0.3 is 0 Å². The minimum absolute atomic E-state index is 0.141. The van der Waals surface area contributed by atoms with Gasteiger partial charge in [-0.15, -0.1) is 0 Å². The van der Waals surface area contributed by atoms with Crippen molar-refractivity contribution in [2.75, 3.05) is 38.5 Å². The number of hydrogen-bond donors (Lipinski definition) is 1. The molecule has 4 nitrogen and oxygen atoms in total. The van der Waals surface area contributed by atoms with Gasteiger partial charge in [0.25, 0.3) is 5.91 Å². The quantitative estimate of drug-likeness (QED) is 0.864. The lowest BCUT2D eigenvalue weighted by Gasteiger charge is -2.29. The fourth-order valence-corrected chi connectivity index (χ4v) is 4.17. The van der Waals surface area contributed by atoms with Gasteiger partial charge in [0.1, 0.15) is 0 Å². The Bertz CT molecular complexity index is 775. The molecule has 2 aromatic rings. The van der Waals surface area contributed by atoms with E-state index in [0.717, 1.165) is 69.5 Å². The van der Waals surface area contributed by atoms with E-state index >= 15 is 0 Å². The molecule has 0 bridgehead atoms. The Labute approximate surface area is 155 Å². The monoisotopic (exact) mass is 349 g/mol. The standard InChI is InChI=1S/C22H27N3O/c23-20-7-6-19-10-15-25(22(26)21(19)16-20)12-3-11-24-13-8-17-4-1-2-5-18(17)9-14-24/h1-2,4-7,16H,3,8-15,23H2. The summed E-state index contributed by atoms with van der Waals surface area (Å²) in [6, 6.07) is 14.5. The second kappa shape index (κ2) is 7.50. The van der Waals surface area contributed by atoms with Crippen LogP contribution in [-0.4, -0.2) is 48.4 Å². The van der Waals surface area contributed by atoms with Gasteiger partial charge in [-0.25, -0.2) is 0 Å². The summed E-state index contributed by atoms with van der Waals surface area (Å²) >= 11 is 0. The van der Waals surface area contributed by atoms with Crippen molar-refractivity contribution >= 4 is 11.6 Å². The summed E-state index contributed by atoms with van der Waals surface area (Å²) in [5.41, 5.74) is 11.4. The molecular weight excluding hydrogens is 322 g/mol. The number of carbonyl (C=O) groups is 1. The van der Waals surface area contributed by atoms with E-state index in [0.29, 0.717) is 5.69 Å². The van der Waals surface area contributed by atoms with Crippen molar-refractivity contribution in [3.63, 3.8) is 0 Å². The summed E-state index contributed by atoms with van der Waals surface area (Å²) in [4.78, 5) is 17.2. The number of amides is 1. The van der Waals surface area contributed by atoms with E-state index in [4.69, 9.17) is 5.73 Å². The molecule has 0 unspecified atom stereocenters. The van der Waals surface area contributed by atoms with E-state index < -0.39 is 0 Å². The Kier molecular flexibility index (Phi) is 4.93. The molecule has 136 valence electrons. The number of hydrogen-bond acceptors (Lipinski definition) is 3. The Morgan fingerprint density at radius 2 is 1.54 bits per heavy atom. The molecule has 0 aliphatic carbocycles. The number of carbonyl (C=O) groups excluding carboxylic acids is 1. The Hall–Kier alpha value is -2.33. The Morgan fingerprint density at radius 1 is 0.846 bits per heavy atom. The van der Waals surface area contributed by atoms with Crippen LogP contribution < -0.4 is 5.73 Å². The highest BCUT2D eigenvalue weighted by Gasteiger charge is 2.24. The maximum Gasteiger partial charge on any atom is 0.254 e. The number of anilines is 1. The van der Waals surface area contributed by atoms with Gasteiger partial charge in [-0.05, 0) is 61.1 Å². The van der Waals surface area contributed by atoms with Crippen molar-refractivity contribution in [2.45, 2.75) is 25.7 Å². The first-order valence-corrected chi connectivity index (χ1v) is 9.67. The van der Waals surface area contributed by atoms with Crippen molar-refractivity contribution in [1.29, 1.82) is 0 Å². The lowest BCUT2D eigenvalue weighted by atomic mass is 9.98. The molecule has 0 spiro atoms. The van der Waals surface area contributed by atoms with E-state index in [2.05, 4.69) is 29.2 Å². The average Bonchev–Trinajstić information content (AvgIpc) is 2.87. The molecule has 2 heterocycles. The highest BCUT2D eigenvalue weighted by atomic mass is 16.2. The third kappa shape index (κ3) is 3.61. The SMILES string of the molecule is Nc1ccc2c(c1)C(=O)N(CCCN1CCc3ccccc3CC1)CC2. The van der Waals surface area contributed by atoms with Crippen LogP contribution in [0.1, 0.15) is 33.5 Å². The molecule has 4 rings (SSSR count). The first-order chi connectivity index (χ1) is 12.7. The molecule has 2 aromatic carbocycles. The number of nitrogen functional groups attached to an aromatic ring is 1. The van der Waals surface area contributed by atoms with Gasteiger partial charge in [0.15, 0.2) is 0 Å². The van der Waals surface area contributed by atoms with Crippen LogP contribution in [0.2, 0.25) is 0 Å². The van der Waals surface area contributed by atoms with Crippen LogP contribution >= 0.6 is 0 Å². The number of benzene rings is 2. The smallest absolute Gasteiger partial charge is 0.254 e. The zero-order chi connectivity index (χ0) is 17.9. The molecule has 2 aliphatic rings. The summed E-state index contributed by atoms with van der Waals surface area (Å²) in [6.45, 7) is 4.94. The largest absolute Gasteiger partial charge is 0.399 e. The van der Waals surface area contributed by atoms with Crippen LogP contribution in [0, 0.1) is 0 Å². The molecule has 2 aliphatic heterocycles. The van der Waals surface area contributed by atoms with Crippen LogP contribution in [0.4, 0.5) is 5.69 Å². The van der Waals surface area contributed by atoms with Crippen molar-refractivity contribution in [3.05, 3.63) is 64.7 Å². The Balaban J connectivity index is 1.30. The highest BCUT2D eigenvalue weighted by Crippen LogP contribution is 2.22. The molecular formula is C22H27N3O. The van der Waals surface area contributed by atoms with Gasteiger partial charge in [0.2, 0.25) is 0 Å². The summed E-state index contributed by atoms with van der Waals surface area (Å²) in [6.07, 6.45) is 4.22. The molecule has 0 saturated carbocycles. The zero-order valence-corrected chi connectivity index (χ0v) is 15.3. The molecule has 26 heavy (non-hydrogen) atoms. The van der Waals surface area contributed by atoms with E-state index in [9.17, 15) is 4.79 Å². The summed E-state index contributed by atoms with van der Waals surface area (Å²) in [5, 5.41) is 0. The van der Waals surface area contributed by atoms with Crippen molar-refractivity contribution in [2.24, 2.45) is 0 Å². The van der Waals surface area contributed by atoms with E-state index in [1.54, 1.807) is 0 Å². The van der Waals surface area contributed by atoms with Crippen LogP contribution in [-0.2, 0) is 19.3 Å². The highest BCUT2D eigenvalue weighted by molar-refractivity contribution is 5.97. The molecule has 0 aromatic heterocycles. The summed E-state index contributed by atoms with van der Waals surface area (Å²) in [7, 11) is 0. The molecule has 1 amide bonds. The molecule has 0 saturated heterocycles. The van der Waals surface area contributed by atoms with Gasteiger partial charge in [0, 0.05) is 37.4 Å². The first-order valence-electron chi connectivity index (χ1n) is 9.67. The van der Waals surface area contributed by atoms with Crippen LogP contribution in [0.25, 0.3) is 0 Å². The average molecular weight is 349 g/mol. The fourth-order valence-electron chi connectivity index (χ4n) is 4.17. The summed E-state index contributed by atoms with van der Waals surface area (Å²) in [5.74, 6) is 0.141. The number of nitrogens with zero attached hydrogens (tertiary/aromatic N) is 2. The lowest BCUT2D eigenvalue weighted by molar-refractivity contribution is 0.0732. The second-order valence-corrected chi connectivity index (χ2v) is 7.42. The third-order valence-electron chi connectivity index (χ3n) is 5.72. The van der Waals surface area contributed by atoms with Gasteiger partial charge in [-0.3, -0.25) is 4.79 Å². The topological polar surface area (TPSA) is 49.6 Å². The van der Waals surface area contributed by atoms with E-state index in [1.807, 2.05) is 23.1 Å². The van der Waals surface area contributed by atoms with Gasteiger partial charge in [-0.1, -0.05) is 30.3 Å². The number of fused-ring (bicyclic) bond motifs is 2. The maximum absolute atomic E-state index is 12.7. The van der Waals surface area contributed by atoms with Gasteiger partial charge in [-0.2, -0.15) is 0 Å². The molecule has 0 fully saturated rings. The predicted molar refractivity (Wildman–Crippen MR) is 105 cm³/mol. The maximum atomic E-state index is 12.7. The van der Waals surface area contributed by atoms with E-state index in [1.165, 1.54) is 11.1 Å². The van der Waals surface area contributed by atoms with Crippen LogP contribution in [0.15, 0.2) is 42.5 Å². The second-order valence-electron chi connectivity index (χ2n) is 7.42. The van der Waals surface area contributed by atoms with Crippen molar-refractivity contribution in [3.8, 4) is 0 Å². The van der Waals surface area contributed by atoms with E-state index in [-0.39, 0.29) is 5.91 Å². The Morgan fingerprint density at radius 3 is 2.27 bits per heavy atom. The fraction of sp³-hybridized carbons (Fsp3) is 0.409. The van der Waals surface area contributed by atoms with Crippen LogP contribution in [0.3, 0.4) is 0 Å². The molecule has 0 atom stereocenters. The van der Waals surface area contributed by atoms with Crippen LogP contribution in [0.5, 0.6) is 0 Å². The predicted octanol–water partition coefficient (Wildman–Crippen LogP) is 2.76. The normalized spacial score (nSPS) is 17.5. The number of nitrogens with two attached hydrogens (primary N) is 1. The molecule has 4 heteroatoms. The lowest BCUT2D eigenvalue weighted by Crippen LogP contribution is -2.39. The van der Waals surface area contributed by atoms with Gasteiger partial charge < -0.3 is 15.5 Å². The molecule has 0 radical (unpaired) electrons.